The van der Waals surface area contributed by atoms with Crippen LogP contribution in [-0.4, -0.2) is 15.0 Å². The standard InChI is InChI=1S/C49H29N3O/c1-3-15-30(16-4-1)47-50-48(31-17-5-2-6-18-31)52-49(51-47)45-38-24-12-10-22-36(38)43(37-23-11-13-25-39(37)45)32-27-28-41-42(29-32)53-46-40-26-14-8-20-34(40)33-19-7-9-21-35(33)44(41)46/h1-29H. The van der Waals surface area contributed by atoms with E-state index in [1.165, 1.54) is 16.2 Å². The summed E-state index contributed by atoms with van der Waals surface area (Å²) in [5.74, 6) is 1.92. The third-order valence-corrected chi connectivity index (χ3v) is 10.5. The summed E-state index contributed by atoms with van der Waals surface area (Å²) in [6.07, 6.45) is 0. The average molecular weight is 676 g/mol. The third kappa shape index (κ3) is 4.59. The molecular formula is C49H29N3O. The Kier molecular flexibility index (Phi) is 6.52. The zero-order chi connectivity index (χ0) is 34.9. The van der Waals surface area contributed by atoms with Crippen molar-refractivity contribution in [2.45, 2.75) is 0 Å². The van der Waals surface area contributed by atoms with Crippen LogP contribution in [0.2, 0.25) is 0 Å². The quantitative estimate of drug-likeness (QED) is 0.138. The Hall–Kier alpha value is -7.17. The van der Waals surface area contributed by atoms with Gasteiger partial charge in [-0.2, -0.15) is 0 Å². The van der Waals surface area contributed by atoms with Crippen LogP contribution in [0.15, 0.2) is 180 Å². The number of hydrogen-bond acceptors (Lipinski definition) is 4. The number of benzene rings is 9. The van der Waals surface area contributed by atoms with Crippen LogP contribution >= 0.6 is 0 Å². The second-order valence-electron chi connectivity index (χ2n) is 13.5. The van der Waals surface area contributed by atoms with Gasteiger partial charge in [0, 0.05) is 32.8 Å². The molecule has 11 rings (SSSR count). The predicted octanol–water partition coefficient (Wildman–Crippen LogP) is 13.1. The average Bonchev–Trinajstić information content (AvgIpc) is 3.63. The second-order valence-corrected chi connectivity index (χ2v) is 13.5. The van der Waals surface area contributed by atoms with Gasteiger partial charge in [0.1, 0.15) is 11.2 Å². The first-order chi connectivity index (χ1) is 26.3. The highest BCUT2D eigenvalue weighted by Crippen LogP contribution is 2.46. The zero-order valence-electron chi connectivity index (χ0n) is 28.5. The molecule has 0 bridgehead atoms. The molecule has 0 aliphatic rings. The molecule has 0 unspecified atom stereocenters. The van der Waals surface area contributed by atoms with Gasteiger partial charge in [0.25, 0.3) is 0 Å². The van der Waals surface area contributed by atoms with Crippen LogP contribution in [0.3, 0.4) is 0 Å². The SMILES string of the molecule is c1ccc(-c2nc(-c3ccccc3)nc(-c3c4ccccc4c(-c4ccc5c(c4)oc4c6ccccc6c6ccccc6c54)c4ccccc34)n2)cc1. The zero-order valence-corrected chi connectivity index (χ0v) is 28.5. The molecule has 0 spiro atoms. The molecule has 53 heavy (non-hydrogen) atoms. The predicted molar refractivity (Wildman–Crippen MR) is 219 cm³/mol. The Morgan fingerprint density at radius 1 is 0.302 bits per heavy atom. The van der Waals surface area contributed by atoms with Crippen molar-refractivity contribution >= 4 is 65.0 Å². The van der Waals surface area contributed by atoms with Gasteiger partial charge in [0.05, 0.1) is 0 Å². The summed E-state index contributed by atoms with van der Waals surface area (Å²) in [5, 5.41) is 11.4. The lowest BCUT2D eigenvalue weighted by molar-refractivity contribution is 0.673. The van der Waals surface area contributed by atoms with Crippen LogP contribution in [0.5, 0.6) is 0 Å². The van der Waals surface area contributed by atoms with Crippen LogP contribution in [0.1, 0.15) is 0 Å². The maximum absolute atomic E-state index is 6.84. The Bertz CT molecular complexity index is 3110. The maximum Gasteiger partial charge on any atom is 0.165 e. The van der Waals surface area contributed by atoms with Crippen LogP contribution in [-0.2, 0) is 0 Å². The molecule has 2 aromatic heterocycles. The smallest absolute Gasteiger partial charge is 0.165 e. The first-order valence-electron chi connectivity index (χ1n) is 17.9. The third-order valence-electron chi connectivity index (χ3n) is 10.5. The van der Waals surface area contributed by atoms with Crippen molar-refractivity contribution in [1.82, 2.24) is 15.0 Å². The summed E-state index contributed by atoms with van der Waals surface area (Å²) in [7, 11) is 0. The fourth-order valence-electron chi connectivity index (χ4n) is 8.16. The Morgan fingerprint density at radius 2 is 0.736 bits per heavy atom. The van der Waals surface area contributed by atoms with Crippen molar-refractivity contribution in [3.8, 4) is 45.3 Å². The molecule has 0 aliphatic heterocycles. The number of hydrogen-bond donors (Lipinski definition) is 0. The minimum atomic E-state index is 0.641. The van der Waals surface area contributed by atoms with E-state index < -0.39 is 0 Å². The first-order valence-corrected chi connectivity index (χ1v) is 17.9. The van der Waals surface area contributed by atoms with E-state index in [0.717, 1.165) is 76.7 Å². The van der Waals surface area contributed by atoms with E-state index in [0.29, 0.717) is 17.5 Å². The molecule has 246 valence electrons. The molecule has 4 nitrogen and oxygen atoms in total. The maximum atomic E-state index is 6.84. The van der Waals surface area contributed by atoms with Gasteiger partial charge in [-0.05, 0) is 61.0 Å². The van der Waals surface area contributed by atoms with Crippen molar-refractivity contribution in [1.29, 1.82) is 0 Å². The monoisotopic (exact) mass is 675 g/mol. The highest BCUT2D eigenvalue weighted by molar-refractivity contribution is 6.30. The van der Waals surface area contributed by atoms with E-state index in [1.807, 2.05) is 60.7 Å². The molecule has 4 heteroatoms. The number of aromatic nitrogens is 3. The molecule has 0 atom stereocenters. The van der Waals surface area contributed by atoms with Crippen LogP contribution < -0.4 is 0 Å². The molecule has 0 saturated carbocycles. The Labute approximate surface area is 304 Å². The summed E-state index contributed by atoms with van der Waals surface area (Å²) >= 11 is 0. The van der Waals surface area contributed by atoms with E-state index in [2.05, 4.69) is 115 Å². The van der Waals surface area contributed by atoms with E-state index in [1.54, 1.807) is 0 Å². The molecule has 0 fully saturated rings. The minimum Gasteiger partial charge on any atom is -0.455 e. The molecule has 11 aromatic rings. The van der Waals surface area contributed by atoms with Crippen LogP contribution in [0.25, 0.3) is 110 Å². The van der Waals surface area contributed by atoms with Crippen molar-refractivity contribution in [2.24, 2.45) is 0 Å². The summed E-state index contributed by atoms with van der Waals surface area (Å²) in [5.41, 5.74) is 6.91. The highest BCUT2D eigenvalue weighted by atomic mass is 16.3. The molecule has 0 aliphatic carbocycles. The molecule has 0 saturated heterocycles. The molecule has 2 heterocycles. The molecule has 9 aromatic carbocycles. The normalized spacial score (nSPS) is 11.8. The highest BCUT2D eigenvalue weighted by Gasteiger charge is 2.22. The van der Waals surface area contributed by atoms with Gasteiger partial charge in [-0.25, -0.2) is 15.0 Å². The van der Waals surface area contributed by atoms with Crippen molar-refractivity contribution in [3.05, 3.63) is 176 Å². The fourth-order valence-corrected chi connectivity index (χ4v) is 8.16. The van der Waals surface area contributed by atoms with E-state index >= 15 is 0 Å². The van der Waals surface area contributed by atoms with Gasteiger partial charge < -0.3 is 4.42 Å². The second kappa shape index (κ2) is 11.7. The van der Waals surface area contributed by atoms with Gasteiger partial charge in [-0.1, -0.05) is 164 Å². The summed E-state index contributed by atoms with van der Waals surface area (Å²) in [4.78, 5) is 15.3. The van der Waals surface area contributed by atoms with Crippen molar-refractivity contribution < 1.29 is 4.42 Å². The minimum absolute atomic E-state index is 0.641. The molecule has 0 amide bonds. The van der Waals surface area contributed by atoms with Crippen LogP contribution in [0.4, 0.5) is 0 Å². The molecule has 0 N–H and O–H groups in total. The number of rotatable bonds is 4. The summed E-state index contributed by atoms with van der Waals surface area (Å²) in [6, 6.07) is 61.4. The topological polar surface area (TPSA) is 51.8 Å². The largest absolute Gasteiger partial charge is 0.455 e. The Balaban J connectivity index is 1.19. The van der Waals surface area contributed by atoms with Gasteiger partial charge in [-0.15, -0.1) is 0 Å². The number of furan rings is 1. The van der Waals surface area contributed by atoms with E-state index in [9.17, 15) is 0 Å². The number of fused-ring (bicyclic) bond motifs is 10. The molecular weight excluding hydrogens is 647 g/mol. The van der Waals surface area contributed by atoms with Gasteiger partial charge in [0.15, 0.2) is 17.5 Å². The molecule has 0 radical (unpaired) electrons. The van der Waals surface area contributed by atoms with Gasteiger partial charge in [-0.3, -0.25) is 0 Å². The van der Waals surface area contributed by atoms with Gasteiger partial charge in [0.2, 0.25) is 0 Å². The lowest BCUT2D eigenvalue weighted by atomic mass is 9.87. The summed E-state index contributed by atoms with van der Waals surface area (Å²) in [6.45, 7) is 0. The van der Waals surface area contributed by atoms with Crippen molar-refractivity contribution in [3.63, 3.8) is 0 Å². The van der Waals surface area contributed by atoms with Crippen LogP contribution in [0, 0.1) is 0 Å². The van der Waals surface area contributed by atoms with E-state index in [4.69, 9.17) is 19.4 Å². The van der Waals surface area contributed by atoms with Crippen molar-refractivity contribution in [2.75, 3.05) is 0 Å². The lowest BCUT2D eigenvalue weighted by Crippen LogP contribution is -2.01. The van der Waals surface area contributed by atoms with Gasteiger partial charge >= 0.3 is 0 Å². The number of nitrogens with zero attached hydrogens (tertiary/aromatic N) is 3. The fraction of sp³-hybridized carbons (Fsp3) is 0. The lowest BCUT2D eigenvalue weighted by Gasteiger charge is -2.17. The first kappa shape index (κ1) is 29.5. The summed E-state index contributed by atoms with van der Waals surface area (Å²) < 4.78 is 6.84. The van der Waals surface area contributed by atoms with E-state index in [-0.39, 0.29) is 0 Å². The Morgan fingerprint density at radius 3 is 1.30 bits per heavy atom.